The molecule has 1 heterocycles. The predicted octanol–water partition coefficient (Wildman–Crippen LogP) is 2.49. The summed E-state index contributed by atoms with van der Waals surface area (Å²) >= 11 is 0. The Balaban J connectivity index is 1.92. The van der Waals surface area contributed by atoms with Gasteiger partial charge in [0.05, 0.1) is 6.61 Å². The molecule has 0 aromatic carbocycles. The van der Waals surface area contributed by atoms with Crippen LogP contribution in [-0.2, 0) is 6.54 Å². The van der Waals surface area contributed by atoms with Gasteiger partial charge in [0.25, 0.3) is 0 Å². The van der Waals surface area contributed by atoms with Gasteiger partial charge in [-0.3, -0.25) is 0 Å². The summed E-state index contributed by atoms with van der Waals surface area (Å²) in [5, 5.41) is 3.11. The fourth-order valence-corrected chi connectivity index (χ4v) is 2.32. The molecule has 0 saturated heterocycles. The molecule has 2 unspecified atom stereocenters. The quantitative estimate of drug-likeness (QED) is 0.827. The largest absolute Gasteiger partial charge is 0.463 e. The Morgan fingerprint density at radius 2 is 2.16 bits per heavy atom. The number of nitrogens with one attached hydrogen (secondary N) is 1. The van der Waals surface area contributed by atoms with E-state index in [4.69, 9.17) is 4.74 Å². The number of allylic oxidation sites excluding steroid dienone is 2. The van der Waals surface area contributed by atoms with E-state index < -0.39 is 0 Å². The first-order valence-electron chi connectivity index (χ1n) is 6.95. The SMILES string of the molecule is CNCc1cnc(OCC2CC=CCC2C)nc1C. The summed E-state index contributed by atoms with van der Waals surface area (Å²) in [4.78, 5) is 8.69. The molecule has 0 fully saturated rings. The van der Waals surface area contributed by atoms with Gasteiger partial charge in [-0.15, -0.1) is 0 Å². The molecule has 1 aromatic heterocycles. The molecule has 2 rings (SSSR count). The zero-order valence-electron chi connectivity index (χ0n) is 12.0. The standard InChI is InChI=1S/C15H23N3O/c1-11-6-4-5-7-13(11)10-19-15-17-9-14(8-16-3)12(2)18-15/h4-5,9,11,13,16H,6-8,10H2,1-3H3. The smallest absolute Gasteiger partial charge is 0.316 e. The van der Waals surface area contributed by atoms with Crippen molar-refractivity contribution in [3.63, 3.8) is 0 Å². The zero-order valence-corrected chi connectivity index (χ0v) is 12.0. The van der Waals surface area contributed by atoms with Gasteiger partial charge in [-0.05, 0) is 38.6 Å². The molecule has 1 N–H and O–H groups in total. The summed E-state index contributed by atoms with van der Waals surface area (Å²) in [5.41, 5.74) is 2.10. The van der Waals surface area contributed by atoms with Crippen molar-refractivity contribution in [3.05, 3.63) is 29.6 Å². The highest BCUT2D eigenvalue weighted by Crippen LogP contribution is 2.25. The molecule has 0 spiro atoms. The summed E-state index contributed by atoms with van der Waals surface area (Å²) in [6, 6.07) is 0.499. The molecule has 1 aliphatic rings. The van der Waals surface area contributed by atoms with E-state index in [-0.39, 0.29) is 0 Å². The Labute approximate surface area is 115 Å². The van der Waals surface area contributed by atoms with Crippen LogP contribution in [0.5, 0.6) is 6.01 Å². The lowest BCUT2D eigenvalue weighted by molar-refractivity contribution is 0.186. The van der Waals surface area contributed by atoms with Crippen molar-refractivity contribution in [1.29, 1.82) is 0 Å². The Bertz CT molecular complexity index is 445. The minimum atomic E-state index is 0.499. The van der Waals surface area contributed by atoms with E-state index in [1.807, 2.05) is 20.2 Å². The summed E-state index contributed by atoms with van der Waals surface area (Å²) in [7, 11) is 1.92. The molecule has 0 bridgehead atoms. The third kappa shape index (κ3) is 3.77. The molecule has 2 atom stereocenters. The van der Waals surface area contributed by atoms with Gasteiger partial charge in [-0.25, -0.2) is 9.97 Å². The molecular weight excluding hydrogens is 238 g/mol. The van der Waals surface area contributed by atoms with E-state index in [0.717, 1.165) is 30.6 Å². The van der Waals surface area contributed by atoms with Gasteiger partial charge < -0.3 is 10.1 Å². The van der Waals surface area contributed by atoms with E-state index in [1.54, 1.807) is 0 Å². The first-order valence-corrected chi connectivity index (χ1v) is 6.95. The highest BCUT2D eigenvalue weighted by atomic mass is 16.5. The summed E-state index contributed by atoms with van der Waals surface area (Å²) < 4.78 is 5.75. The third-order valence-corrected chi connectivity index (χ3v) is 3.77. The summed E-state index contributed by atoms with van der Waals surface area (Å²) in [6.45, 7) is 5.76. The summed E-state index contributed by atoms with van der Waals surface area (Å²) in [6.07, 6.45) is 8.59. The number of ether oxygens (including phenoxy) is 1. The van der Waals surface area contributed by atoms with E-state index >= 15 is 0 Å². The molecule has 0 aliphatic heterocycles. The molecule has 1 aromatic rings. The third-order valence-electron chi connectivity index (χ3n) is 3.77. The number of hydrogen-bond donors (Lipinski definition) is 1. The maximum Gasteiger partial charge on any atom is 0.316 e. The molecule has 104 valence electrons. The molecule has 4 heteroatoms. The zero-order chi connectivity index (χ0) is 13.7. The van der Waals surface area contributed by atoms with Crippen LogP contribution in [0.3, 0.4) is 0 Å². The molecule has 0 radical (unpaired) electrons. The van der Waals surface area contributed by atoms with Crippen LogP contribution >= 0.6 is 0 Å². The van der Waals surface area contributed by atoms with E-state index in [0.29, 0.717) is 24.5 Å². The van der Waals surface area contributed by atoms with Crippen LogP contribution in [-0.4, -0.2) is 23.6 Å². The van der Waals surface area contributed by atoms with E-state index in [1.165, 1.54) is 0 Å². The van der Waals surface area contributed by atoms with Crippen molar-refractivity contribution in [2.45, 2.75) is 33.2 Å². The van der Waals surface area contributed by atoms with Gasteiger partial charge in [0.15, 0.2) is 0 Å². The van der Waals surface area contributed by atoms with Gasteiger partial charge in [0, 0.05) is 24.0 Å². The average Bonchev–Trinajstić information content (AvgIpc) is 2.41. The first kappa shape index (κ1) is 14.0. The molecule has 0 amide bonds. The number of aryl methyl sites for hydroxylation is 1. The van der Waals surface area contributed by atoms with Gasteiger partial charge in [0.1, 0.15) is 0 Å². The predicted molar refractivity (Wildman–Crippen MR) is 76.1 cm³/mol. The van der Waals surface area contributed by atoms with Crippen LogP contribution in [0.15, 0.2) is 18.3 Å². The molecule has 0 saturated carbocycles. The second kappa shape index (κ2) is 6.66. The second-order valence-electron chi connectivity index (χ2n) is 5.28. The molecule has 4 nitrogen and oxygen atoms in total. The minimum Gasteiger partial charge on any atom is -0.463 e. The Morgan fingerprint density at radius 3 is 2.84 bits per heavy atom. The van der Waals surface area contributed by atoms with Crippen molar-refractivity contribution >= 4 is 0 Å². The van der Waals surface area contributed by atoms with E-state index in [2.05, 4.69) is 34.4 Å². The monoisotopic (exact) mass is 261 g/mol. The lowest BCUT2D eigenvalue weighted by Crippen LogP contribution is -2.22. The summed E-state index contributed by atoms with van der Waals surface area (Å²) in [5.74, 6) is 1.25. The van der Waals surface area contributed by atoms with Crippen molar-refractivity contribution in [2.24, 2.45) is 11.8 Å². The Morgan fingerprint density at radius 1 is 1.37 bits per heavy atom. The Hall–Kier alpha value is -1.42. The lowest BCUT2D eigenvalue weighted by atomic mass is 9.85. The van der Waals surface area contributed by atoms with Crippen molar-refractivity contribution in [2.75, 3.05) is 13.7 Å². The fraction of sp³-hybridized carbons (Fsp3) is 0.600. The second-order valence-corrected chi connectivity index (χ2v) is 5.28. The number of rotatable bonds is 5. The van der Waals surface area contributed by atoms with Crippen LogP contribution in [0.4, 0.5) is 0 Å². The first-order chi connectivity index (χ1) is 9.20. The van der Waals surface area contributed by atoms with Crippen molar-refractivity contribution in [1.82, 2.24) is 15.3 Å². The maximum atomic E-state index is 5.75. The number of aromatic nitrogens is 2. The maximum absolute atomic E-state index is 5.75. The number of nitrogens with zero attached hydrogens (tertiary/aromatic N) is 2. The van der Waals surface area contributed by atoms with Crippen LogP contribution in [0.1, 0.15) is 31.0 Å². The molecular formula is C15H23N3O. The molecule has 1 aliphatic carbocycles. The Kier molecular flexibility index (Phi) is 4.91. The average molecular weight is 261 g/mol. The van der Waals surface area contributed by atoms with Crippen LogP contribution < -0.4 is 10.1 Å². The van der Waals surface area contributed by atoms with Crippen LogP contribution in [0.25, 0.3) is 0 Å². The van der Waals surface area contributed by atoms with Gasteiger partial charge in [-0.2, -0.15) is 0 Å². The van der Waals surface area contributed by atoms with Gasteiger partial charge >= 0.3 is 6.01 Å². The van der Waals surface area contributed by atoms with Crippen LogP contribution in [0.2, 0.25) is 0 Å². The highest BCUT2D eigenvalue weighted by molar-refractivity contribution is 5.17. The van der Waals surface area contributed by atoms with Crippen molar-refractivity contribution < 1.29 is 4.74 Å². The minimum absolute atomic E-state index is 0.499. The molecule has 19 heavy (non-hydrogen) atoms. The number of hydrogen-bond acceptors (Lipinski definition) is 4. The highest BCUT2D eigenvalue weighted by Gasteiger charge is 2.19. The van der Waals surface area contributed by atoms with E-state index in [9.17, 15) is 0 Å². The lowest BCUT2D eigenvalue weighted by Gasteiger charge is -2.24. The van der Waals surface area contributed by atoms with Gasteiger partial charge in [0.2, 0.25) is 0 Å². The normalized spacial score (nSPS) is 22.5. The van der Waals surface area contributed by atoms with Gasteiger partial charge in [-0.1, -0.05) is 19.1 Å². The van der Waals surface area contributed by atoms with Crippen LogP contribution in [0, 0.1) is 18.8 Å². The van der Waals surface area contributed by atoms with Crippen molar-refractivity contribution in [3.8, 4) is 6.01 Å². The fourth-order valence-electron chi connectivity index (χ4n) is 2.32. The topological polar surface area (TPSA) is 47.0 Å².